The lowest BCUT2D eigenvalue weighted by Crippen LogP contribution is -2.46. The van der Waals surface area contributed by atoms with Crippen LogP contribution in [0.5, 0.6) is 0 Å². The summed E-state index contributed by atoms with van der Waals surface area (Å²) in [5.41, 5.74) is -0.716. The zero-order chi connectivity index (χ0) is 20.1. The zero-order valence-electron chi connectivity index (χ0n) is 15.6. The van der Waals surface area contributed by atoms with Crippen molar-refractivity contribution >= 4 is 33.5 Å². The first-order valence-corrected chi connectivity index (χ1v) is 10.1. The standard InChI is InChI=1S/C17H26ClN3O4S/c1-6-11(2)14(20-16(23)25-17(3,4)5)15(22)21-26(19,24)13-9-7-8-12(18)10-13/h7-11,14H,6H2,1-5H3,(H,20,23)(H2,19,21,22,24)/t11-,14-,26?/m0/s1. The molecular formula is C17H26ClN3O4S. The van der Waals surface area contributed by atoms with E-state index in [9.17, 15) is 13.8 Å². The molecule has 0 saturated heterocycles. The minimum absolute atomic E-state index is 0.138. The molecule has 0 aromatic heterocycles. The minimum Gasteiger partial charge on any atom is -0.444 e. The van der Waals surface area contributed by atoms with Crippen LogP contribution < -0.4 is 10.5 Å². The minimum atomic E-state index is -3.49. The van der Waals surface area contributed by atoms with Crippen LogP contribution in [0.3, 0.4) is 0 Å². The number of nitrogens with one attached hydrogen (secondary N) is 1. The highest BCUT2D eigenvalue weighted by Gasteiger charge is 2.29. The van der Waals surface area contributed by atoms with Gasteiger partial charge < -0.3 is 10.1 Å². The summed E-state index contributed by atoms with van der Waals surface area (Å²) < 4.78 is 21.5. The second-order valence-electron chi connectivity index (χ2n) is 6.96. The number of nitrogens with two attached hydrogens (primary N) is 1. The first-order valence-electron chi connectivity index (χ1n) is 8.19. The van der Waals surface area contributed by atoms with Gasteiger partial charge in [0.1, 0.15) is 21.6 Å². The summed E-state index contributed by atoms with van der Waals surface area (Å²) >= 11 is 5.87. The predicted molar refractivity (Wildman–Crippen MR) is 102 cm³/mol. The van der Waals surface area contributed by atoms with Crippen LogP contribution in [0.25, 0.3) is 0 Å². The summed E-state index contributed by atoms with van der Waals surface area (Å²) in [7, 11) is -3.49. The van der Waals surface area contributed by atoms with Crippen molar-refractivity contribution in [2.24, 2.45) is 15.4 Å². The highest BCUT2D eigenvalue weighted by atomic mass is 35.5. The van der Waals surface area contributed by atoms with Gasteiger partial charge in [-0.25, -0.2) is 14.1 Å². The third-order valence-electron chi connectivity index (χ3n) is 3.51. The molecule has 26 heavy (non-hydrogen) atoms. The van der Waals surface area contributed by atoms with Crippen molar-refractivity contribution in [3.8, 4) is 0 Å². The molecule has 9 heteroatoms. The van der Waals surface area contributed by atoms with Crippen molar-refractivity contribution in [3.05, 3.63) is 29.3 Å². The summed E-state index contributed by atoms with van der Waals surface area (Å²) in [5.74, 6) is -1.04. The maximum atomic E-state index is 12.7. The summed E-state index contributed by atoms with van der Waals surface area (Å²) in [6, 6.07) is 5.02. The van der Waals surface area contributed by atoms with Crippen molar-refractivity contribution in [2.45, 2.75) is 57.6 Å². The molecule has 0 fully saturated rings. The number of alkyl carbamates (subject to hydrolysis) is 1. The normalized spacial score (nSPS) is 16.1. The van der Waals surface area contributed by atoms with E-state index in [-0.39, 0.29) is 10.8 Å². The Hall–Kier alpha value is -1.64. The third-order valence-corrected chi connectivity index (χ3v) is 5.13. The van der Waals surface area contributed by atoms with Crippen molar-refractivity contribution in [1.29, 1.82) is 0 Å². The molecule has 0 aliphatic carbocycles. The average Bonchev–Trinajstić information content (AvgIpc) is 2.49. The molecule has 2 amide bonds. The molecule has 1 rings (SSSR count). The Labute approximate surface area is 159 Å². The molecule has 0 radical (unpaired) electrons. The summed E-state index contributed by atoms with van der Waals surface area (Å²) in [6.45, 7) is 8.76. The van der Waals surface area contributed by atoms with Gasteiger partial charge in [0.15, 0.2) is 0 Å². The van der Waals surface area contributed by atoms with Crippen LogP contribution in [0.2, 0.25) is 5.02 Å². The fourth-order valence-corrected chi connectivity index (χ4v) is 3.32. The van der Waals surface area contributed by atoms with Crippen molar-refractivity contribution < 1.29 is 18.5 Å². The van der Waals surface area contributed by atoms with E-state index in [1.807, 2.05) is 6.92 Å². The SMILES string of the molecule is CC[C@H](C)[C@H](NC(=O)OC(C)(C)C)C(=O)N=S(N)(=O)c1cccc(Cl)c1. The van der Waals surface area contributed by atoms with Crippen LogP contribution in [0.1, 0.15) is 41.0 Å². The van der Waals surface area contributed by atoms with E-state index in [1.54, 1.807) is 39.8 Å². The average molecular weight is 404 g/mol. The Balaban J connectivity index is 3.13. The Bertz CT molecular complexity index is 782. The van der Waals surface area contributed by atoms with E-state index in [1.165, 1.54) is 12.1 Å². The van der Waals surface area contributed by atoms with Crippen molar-refractivity contribution in [2.75, 3.05) is 0 Å². The second kappa shape index (κ2) is 8.83. The number of carbonyl (C=O) groups excluding carboxylic acids is 2. The van der Waals surface area contributed by atoms with Crippen molar-refractivity contribution in [1.82, 2.24) is 5.32 Å². The van der Waals surface area contributed by atoms with Gasteiger partial charge in [0.2, 0.25) is 0 Å². The molecule has 1 aromatic carbocycles. The van der Waals surface area contributed by atoms with E-state index >= 15 is 0 Å². The summed E-state index contributed by atoms with van der Waals surface area (Å²) in [5, 5.41) is 8.58. The van der Waals surface area contributed by atoms with Crippen molar-refractivity contribution in [3.63, 3.8) is 0 Å². The van der Waals surface area contributed by atoms with Crippen LogP contribution in [0, 0.1) is 5.92 Å². The molecule has 1 unspecified atom stereocenters. The smallest absolute Gasteiger partial charge is 0.408 e. The monoisotopic (exact) mass is 403 g/mol. The predicted octanol–water partition coefficient (Wildman–Crippen LogP) is 3.51. The molecule has 7 nitrogen and oxygen atoms in total. The molecule has 0 heterocycles. The number of hydrogen-bond acceptors (Lipinski definition) is 4. The molecule has 0 spiro atoms. The number of halogens is 1. The molecule has 0 saturated carbocycles. The molecule has 0 aliphatic rings. The van der Waals surface area contributed by atoms with Gasteiger partial charge in [-0.3, -0.25) is 4.79 Å². The highest BCUT2D eigenvalue weighted by molar-refractivity contribution is 7.91. The molecular weight excluding hydrogens is 378 g/mol. The number of hydrogen-bond donors (Lipinski definition) is 2. The van der Waals surface area contributed by atoms with Crippen LogP contribution in [-0.2, 0) is 19.4 Å². The van der Waals surface area contributed by atoms with E-state index in [0.717, 1.165) is 0 Å². The van der Waals surface area contributed by atoms with E-state index in [0.29, 0.717) is 11.4 Å². The second-order valence-corrected chi connectivity index (χ2v) is 9.19. The number of rotatable bonds is 5. The molecule has 146 valence electrons. The number of carbonyl (C=O) groups is 2. The van der Waals surface area contributed by atoms with Gasteiger partial charge in [0.25, 0.3) is 5.91 Å². The fraction of sp³-hybridized carbons (Fsp3) is 0.529. The van der Waals surface area contributed by atoms with Crippen LogP contribution in [0.15, 0.2) is 33.5 Å². The lowest BCUT2D eigenvalue weighted by Gasteiger charge is -2.25. The maximum Gasteiger partial charge on any atom is 0.408 e. The highest BCUT2D eigenvalue weighted by Crippen LogP contribution is 2.17. The Morgan fingerprint density at radius 1 is 1.38 bits per heavy atom. The number of benzene rings is 1. The maximum absolute atomic E-state index is 12.7. The molecule has 3 N–H and O–H groups in total. The van der Waals surface area contributed by atoms with Gasteiger partial charge in [-0.1, -0.05) is 37.9 Å². The lowest BCUT2D eigenvalue weighted by atomic mass is 9.99. The number of ether oxygens (including phenoxy) is 1. The summed E-state index contributed by atoms with van der Waals surface area (Å²) in [6.07, 6.45) is -0.164. The number of nitrogens with zero attached hydrogens (tertiary/aromatic N) is 1. The molecule has 1 aromatic rings. The molecule has 3 atom stereocenters. The summed E-state index contributed by atoms with van der Waals surface area (Å²) in [4.78, 5) is 24.8. The third kappa shape index (κ3) is 6.93. The van der Waals surface area contributed by atoms with Crippen LogP contribution >= 0.6 is 11.6 Å². The quantitative estimate of drug-likeness (QED) is 0.783. The fourth-order valence-electron chi connectivity index (χ4n) is 2.01. The zero-order valence-corrected chi connectivity index (χ0v) is 17.2. The number of amides is 2. The van der Waals surface area contributed by atoms with Gasteiger partial charge in [-0.2, -0.15) is 0 Å². The Morgan fingerprint density at radius 3 is 2.50 bits per heavy atom. The largest absolute Gasteiger partial charge is 0.444 e. The van der Waals surface area contributed by atoms with E-state index in [2.05, 4.69) is 9.68 Å². The van der Waals surface area contributed by atoms with Gasteiger partial charge in [-0.15, -0.1) is 4.36 Å². The van der Waals surface area contributed by atoms with Crippen LogP contribution in [0.4, 0.5) is 4.79 Å². The molecule has 0 aliphatic heterocycles. The van der Waals surface area contributed by atoms with Crippen LogP contribution in [-0.4, -0.2) is 27.9 Å². The first-order chi connectivity index (χ1) is 11.9. The topological polar surface area (TPSA) is 111 Å². The van der Waals surface area contributed by atoms with E-state index in [4.69, 9.17) is 21.5 Å². The first kappa shape index (κ1) is 22.4. The van der Waals surface area contributed by atoms with Gasteiger partial charge in [-0.05, 0) is 44.9 Å². The van der Waals surface area contributed by atoms with E-state index < -0.39 is 33.6 Å². The Kier molecular flexibility index (Phi) is 7.61. The lowest BCUT2D eigenvalue weighted by molar-refractivity contribution is -0.120. The molecule has 0 bridgehead atoms. The Morgan fingerprint density at radius 2 is 2.00 bits per heavy atom. The van der Waals surface area contributed by atoms with Gasteiger partial charge in [0, 0.05) is 5.02 Å². The van der Waals surface area contributed by atoms with Gasteiger partial charge >= 0.3 is 6.09 Å². The van der Waals surface area contributed by atoms with Gasteiger partial charge in [0.05, 0.1) is 4.90 Å².